The van der Waals surface area contributed by atoms with E-state index >= 15 is 0 Å². The van der Waals surface area contributed by atoms with Gasteiger partial charge in [-0.1, -0.05) is 13.3 Å². The molecule has 1 heterocycles. The highest BCUT2D eigenvalue weighted by Gasteiger charge is 2.39. The summed E-state index contributed by atoms with van der Waals surface area (Å²) in [5, 5.41) is 12.0. The number of aliphatic carboxylic acids is 1. The molecule has 0 aromatic heterocycles. The number of urea groups is 1. The lowest BCUT2D eigenvalue weighted by Crippen LogP contribution is -2.50. The number of carbonyl (C=O) groups is 2. The van der Waals surface area contributed by atoms with Crippen LogP contribution in [-0.2, 0) is 4.79 Å². The summed E-state index contributed by atoms with van der Waals surface area (Å²) in [7, 11) is 0. The van der Waals surface area contributed by atoms with Crippen LogP contribution in [0.2, 0.25) is 0 Å². The molecule has 0 bridgehead atoms. The van der Waals surface area contributed by atoms with Gasteiger partial charge in [-0.25, -0.2) is 4.79 Å². The topological polar surface area (TPSA) is 69.6 Å². The van der Waals surface area contributed by atoms with Gasteiger partial charge in [0.2, 0.25) is 0 Å². The number of amides is 2. The fourth-order valence-corrected chi connectivity index (χ4v) is 2.82. The number of nitrogens with zero attached hydrogens (tertiary/aromatic N) is 1. The molecule has 4 atom stereocenters. The number of carboxylic acids is 1. The van der Waals surface area contributed by atoms with E-state index in [0.29, 0.717) is 31.3 Å². The van der Waals surface area contributed by atoms with Gasteiger partial charge in [-0.15, -0.1) is 0 Å². The van der Waals surface area contributed by atoms with Crippen LogP contribution in [0.25, 0.3) is 0 Å². The second-order valence-electron chi connectivity index (χ2n) is 5.56. The standard InChI is InChI=1S/C13H22N2O3/c1-3-9-7-11(9)14-13(18)15-5-4-10(12(16)17)6-8(15)2/h8-11H,3-7H2,1-2H3,(H,14,18)(H,16,17). The minimum absolute atomic E-state index is 0.0127. The molecule has 1 aliphatic heterocycles. The van der Waals surface area contributed by atoms with E-state index in [4.69, 9.17) is 5.11 Å². The zero-order chi connectivity index (χ0) is 13.3. The van der Waals surface area contributed by atoms with Crippen molar-refractivity contribution in [2.75, 3.05) is 6.54 Å². The lowest BCUT2D eigenvalue weighted by molar-refractivity contribution is -0.143. The van der Waals surface area contributed by atoms with Gasteiger partial charge in [0, 0.05) is 18.6 Å². The van der Waals surface area contributed by atoms with Crippen LogP contribution in [0.5, 0.6) is 0 Å². The zero-order valence-corrected chi connectivity index (χ0v) is 11.1. The van der Waals surface area contributed by atoms with E-state index in [1.165, 1.54) is 0 Å². The predicted octanol–water partition coefficient (Wildman–Crippen LogP) is 1.68. The molecule has 1 saturated carbocycles. The number of hydrogen-bond acceptors (Lipinski definition) is 2. The molecular formula is C13H22N2O3. The van der Waals surface area contributed by atoms with Crippen molar-refractivity contribution in [3.63, 3.8) is 0 Å². The monoisotopic (exact) mass is 254 g/mol. The van der Waals surface area contributed by atoms with Gasteiger partial charge in [0.15, 0.2) is 0 Å². The summed E-state index contributed by atoms with van der Waals surface area (Å²) in [4.78, 5) is 24.8. The minimum Gasteiger partial charge on any atom is -0.481 e. The number of rotatable bonds is 3. The molecule has 2 N–H and O–H groups in total. The van der Waals surface area contributed by atoms with E-state index in [9.17, 15) is 9.59 Å². The fourth-order valence-electron chi connectivity index (χ4n) is 2.82. The second kappa shape index (κ2) is 5.16. The highest BCUT2D eigenvalue weighted by molar-refractivity contribution is 5.76. The molecule has 5 nitrogen and oxygen atoms in total. The number of hydrogen-bond donors (Lipinski definition) is 2. The Hall–Kier alpha value is -1.26. The summed E-state index contributed by atoms with van der Waals surface area (Å²) in [5.41, 5.74) is 0. The van der Waals surface area contributed by atoms with Crippen molar-refractivity contribution in [3.05, 3.63) is 0 Å². The number of carboxylic acid groups (broad SMARTS) is 1. The Morgan fingerprint density at radius 1 is 1.39 bits per heavy atom. The quantitative estimate of drug-likeness (QED) is 0.805. The van der Waals surface area contributed by atoms with Crippen LogP contribution >= 0.6 is 0 Å². The maximum atomic E-state index is 12.1. The maximum Gasteiger partial charge on any atom is 0.317 e. The summed E-state index contributed by atoms with van der Waals surface area (Å²) in [6.07, 6.45) is 3.32. The Bertz CT molecular complexity index is 345. The summed E-state index contributed by atoms with van der Waals surface area (Å²) < 4.78 is 0. The maximum absolute atomic E-state index is 12.1. The predicted molar refractivity (Wildman–Crippen MR) is 67.2 cm³/mol. The van der Waals surface area contributed by atoms with Gasteiger partial charge in [-0.2, -0.15) is 0 Å². The number of likely N-dealkylation sites (tertiary alicyclic amines) is 1. The summed E-state index contributed by atoms with van der Waals surface area (Å²) in [5.74, 6) is -0.399. The zero-order valence-electron chi connectivity index (χ0n) is 11.1. The Labute approximate surface area is 108 Å². The molecule has 1 aliphatic carbocycles. The van der Waals surface area contributed by atoms with Crippen LogP contribution in [0.15, 0.2) is 0 Å². The van der Waals surface area contributed by atoms with Crippen LogP contribution in [0.1, 0.15) is 39.5 Å². The van der Waals surface area contributed by atoms with Gasteiger partial charge < -0.3 is 15.3 Å². The van der Waals surface area contributed by atoms with Crippen LogP contribution in [0.3, 0.4) is 0 Å². The molecule has 18 heavy (non-hydrogen) atoms. The molecule has 1 saturated heterocycles. The van der Waals surface area contributed by atoms with E-state index in [-0.39, 0.29) is 18.0 Å². The Morgan fingerprint density at radius 2 is 2.11 bits per heavy atom. The minimum atomic E-state index is -0.741. The van der Waals surface area contributed by atoms with Crippen molar-refractivity contribution < 1.29 is 14.7 Å². The normalized spacial score (nSPS) is 35.1. The molecule has 0 radical (unpaired) electrons. The van der Waals surface area contributed by atoms with Crippen LogP contribution in [0, 0.1) is 11.8 Å². The van der Waals surface area contributed by atoms with Crippen LogP contribution in [-0.4, -0.2) is 40.6 Å². The molecule has 5 heteroatoms. The third kappa shape index (κ3) is 2.76. The average Bonchev–Trinajstić information content (AvgIpc) is 3.06. The Kier molecular flexibility index (Phi) is 3.78. The highest BCUT2D eigenvalue weighted by atomic mass is 16.4. The van der Waals surface area contributed by atoms with E-state index in [2.05, 4.69) is 12.2 Å². The van der Waals surface area contributed by atoms with Crippen LogP contribution in [0.4, 0.5) is 4.79 Å². The van der Waals surface area contributed by atoms with Crippen molar-refractivity contribution in [2.45, 2.75) is 51.6 Å². The van der Waals surface area contributed by atoms with Gasteiger partial charge in [-0.05, 0) is 32.1 Å². The van der Waals surface area contributed by atoms with Crippen molar-refractivity contribution >= 4 is 12.0 Å². The molecule has 2 rings (SSSR count). The van der Waals surface area contributed by atoms with E-state index in [0.717, 1.165) is 12.8 Å². The van der Waals surface area contributed by atoms with Gasteiger partial charge in [0.1, 0.15) is 0 Å². The molecule has 0 aromatic rings. The number of nitrogens with one attached hydrogen (secondary N) is 1. The largest absolute Gasteiger partial charge is 0.481 e. The van der Waals surface area contributed by atoms with Gasteiger partial charge >= 0.3 is 12.0 Å². The van der Waals surface area contributed by atoms with E-state index in [1.54, 1.807) is 4.90 Å². The SMILES string of the molecule is CCC1CC1NC(=O)N1CCC(C(=O)O)CC1C. The second-order valence-corrected chi connectivity index (χ2v) is 5.56. The first kappa shape index (κ1) is 13.2. The highest BCUT2D eigenvalue weighted by Crippen LogP contribution is 2.33. The van der Waals surface area contributed by atoms with E-state index in [1.807, 2.05) is 6.92 Å². The van der Waals surface area contributed by atoms with Crippen molar-refractivity contribution in [3.8, 4) is 0 Å². The molecule has 0 spiro atoms. The van der Waals surface area contributed by atoms with Gasteiger partial charge in [0.05, 0.1) is 5.92 Å². The molecule has 2 amide bonds. The van der Waals surface area contributed by atoms with Crippen molar-refractivity contribution in [2.24, 2.45) is 11.8 Å². The first-order valence-electron chi connectivity index (χ1n) is 6.82. The van der Waals surface area contributed by atoms with E-state index < -0.39 is 5.97 Å². The van der Waals surface area contributed by atoms with Gasteiger partial charge in [0.25, 0.3) is 0 Å². The smallest absolute Gasteiger partial charge is 0.317 e. The first-order chi connectivity index (χ1) is 8.52. The lowest BCUT2D eigenvalue weighted by atomic mass is 9.92. The van der Waals surface area contributed by atoms with Gasteiger partial charge in [-0.3, -0.25) is 4.79 Å². The fraction of sp³-hybridized carbons (Fsp3) is 0.846. The summed E-state index contributed by atoms with van der Waals surface area (Å²) in [6.45, 7) is 4.62. The summed E-state index contributed by atoms with van der Waals surface area (Å²) in [6, 6.07) is 0.331. The Morgan fingerprint density at radius 3 is 2.61 bits per heavy atom. The third-order valence-electron chi connectivity index (χ3n) is 4.24. The van der Waals surface area contributed by atoms with Crippen molar-refractivity contribution in [1.29, 1.82) is 0 Å². The molecular weight excluding hydrogens is 232 g/mol. The molecule has 2 fully saturated rings. The summed E-state index contributed by atoms with van der Waals surface area (Å²) >= 11 is 0. The Balaban J connectivity index is 1.83. The average molecular weight is 254 g/mol. The number of carbonyl (C=O) groups excluding carboxylic acids is 1. The number of piperidine rings is 1. The molecule has 2 aliphatic rings. The molecule has 102 valence electrons. The molecule has 0 aromatic carbocycles. The first-order valence-corrected chi connectivity index (χ1v) is 6.82. The van der Waals surface area contributed by atoms with Crippen molar-refractivity contribution in [1.82, 2.24) is 10.2 Å². The third-order valence-corrected chi connectivity index (χ3v) is 4.24. The molecule has 4 unspecified atom stereocenters. The lowest BCUT2D eigenvalue weighted by Gasteiger charge is -2.36. The van der Waals surface area contributed by atoms with Crippen LogP contribution < -0.4 is 5.32 Å².